The molecule has 1 aromatic rings. The Hall–Kier alpha value is -1.09. The van der Waals surface area contributed by atoms with Crippen molar-refractivity contribution in [3.8, 4) is 0 Å². The molecule has 0 unspecified atom stereocenters. The lowest BCUT2D eigenvalue weighted by Crippen LogP contribution is -2.30. The summed E-state index contributed by atoms with van der Waals surface area (Å²) in [5.41, 5.74) is 0.881. The van der Waals surface area contributed by atoms with E-state index in [2.05, 4.69) is 18.8 Å². The molecule has 0 saturated heterocycles. The predicted molar refractivity (Wildman–Crippen MR) is 61.2 cm³/mol. The summed E-state index contributed by atoms with van der Waals surface area (Å²) >= 11 is 0. The van der Waals surface area contributed by atoms with Crippen LogP contribution in [0, 0.1) is 5.41 Å². The third-order valence-electron chi connectivity index (χ3n) is 2.01. The van der Waals surface area contributed by atoms with Crippen molar-refractivity contribution in [2.75, 3.05) is 13.1 Å². The van der Waals surface area contributed by atoms with Crippen LogP contribution in [0.1, 0.15) is 19.4 Å². The minimum absolute atomic E-state index is 0. The first-order chi connectivity index (χ1) is 6.29. The van der Waals surface area contributed by atoms with Crippen molar-refractivity contribution in [2.45, 2.75) is 13.8 Å². The van der Waals surface area contributed by atoms with Crippen LogP contribution in [0.15, 0.2) is 24.5 Å². The van der Waals surface area contributed by atoms with Crippen LogP contribution in [-0.2, 0) is 0 Å². The van der Waals surface area contributed by atoms with E-state index >= 15 is 0 Å². The van der Waals surface area contributed by atoms with Crippen molar-refractivity contribution in [2.24, 2.45) is 0 Å². The maximum absolute atomic E-state index is 7.87. The van der Waals surface area contributed by atoms with E-state index in [0.717, 1.165) is 18.7 Å². The van der Waals surface area contributed by atoms with E-state index in [-0.39, 0.29) is 12.4 Å². The van der Waals surface area contributed by atoms with Gasteiger partial charge >= 0.3 is 0 Å². The van der Waals surface area contributed by atoms with Crippen LogP contribution in [-0.4, -0.2) is 28.8 Å². The molecule has 0 amide bonds. The minimum atomic E-state index is 0. The third kappa shape index (κ3) is 3.00. The zero-order chi connectivity index (χ0) is 9.68. The molecular formula is C10H16ClN3. The number of halogens is 1. The van der Waals surface area contributed by atoms with Crippen molar-refractivity contribution in [1.29, 1.82) is 5.41 Å². The van der Waals surface area contributed by atoms with E-state index in [1.165, 1.54) is 0 Å². The van der Waals surface area contributed by atoms with Crippen LogP contribution in [0.25, 0.3) is 0 Å². The highest BCUT2D eigenvalue weighted by molar-refractivity contribution is 5.95. The fourth-order valence-electron chi connectivity index (χ4n) is 1.23. The van der Waals surface area contributed by atoms with Crippen LogP contribution in [0.4, 0.5) is 0 Å². The van der Waals surface area contributed by atoms with E-state index in [1.54, 1.807) is 12.4 Å². The molecule has 0 atom stereocenters. The van der Waals surface area contributed by atoms with Crippen molar-refractivity contribution in [3.63, 3.8) is 0 Å². The summed E-state index contributed by atoms with van der Waals surface area (Å²) in [5, 5.41) is 7.87. The Labute approximate surface area is 91.1 Å². The average Bonchev–Trinajstić information content (AvgIpc) is 2.21. The van der Waals surface area contributed by atoms with Gasteiger partial charge in [0, 0.05) is 31.0 Å². The van der Waals surface area contributed by atoms with Crippen molar-refractivity contribution < 1.29 is 0 Å². The van der Waals surface area contributed by atoms with Gasteiger partial charge in [0.2, 0.25) is 0 Å². The number of rotatable bonds is 3. The van der Waals surface area contributed by atoms with Crippen molar-refractivity contribution >= 4 is 18.2 Å². The second-order valence-corrected chi connectivity index (χ2v) is 2.76. The molecule has 0 aliphatic carbocycles. The number of aromatic nitrogens is 1. The fourth-order valence-corrected chi connectivity index (χ4v) is 1.23. The van der Waals surface area contributed by atoms with Gasteiger partial charge in [0.25, 0.3) is 0 Å². The largest absolute Gasteiger partial charge is 0.357 e. The molecule has 1 heterocycles. The van der Waals surface area contributed by atoms with E-state index in [9.17, 15) is 0 Å². The second kappa shape index (κ2) is 6.38. The molecule has 0 aliphatic rings. The Morgan fingerprint density at radius 3 is 2.50 bits per heavy atom. The van der Waals surface area contributed by atoms with Gasteiger partial charge in [0.05, 0.1) is 0 Å². The normalized spacial score (nSPS) is 9.00. The first-order valence-corrected chi connectivity index (χ1v) is 4.53. The van der Waals surface area contributed by atoms with Gasteiger partial charge < -0.3 is 4.90 Å². The Bertz CT molecular complexity index is 270. The third-order valence-corrected chi connectivity index (χ3v) is 2.01. The number of pyridine rings is 1. The number of hydrogen-bond donors (Lipinski definition) is 1. The molecule has 1 rings (SSSR count). The molecular weight excluding hydrogens is 198 g/mol. The second-order valence-electron chi connectivity index (χ2n) is 2.76. The molecule has 78 valence electrons. The van der Waals surface area contributed by atoms with Crippen LogP contribution in [0.5, 0.6) is 0 Å². The van der Waals surface area contributed by atoms with Gasteiger partial charge in [-0.3, -0.25) is 10.4 Å². The van der Waals surface area contributed by atoms with Crippen LogP contribution in [0.3, 0.4) is 0 Å². The van der Waals surface area contributed by atoms with E-state index < -0.39 is 0 Å². The molecule has 0 spiro atoms. The molecule has 0 saturated carbocycles. The summed E-state index contributed by atoms with van der Waals surface area (Å²) in [6, 6.07) is 3.76. The molecule has 4 heteroatoms. The molecule has 14 heavy (non-hydrogen) atoms. The Morgan fingerprint density at radius 2 is 2.07 bits per heavy atom. The van der Waals surface area contributed by atoms with Crippen LogP contribution in [0.2, 0.25) is 0 Å². The standard InChI is InChI=1S/C10H15N3.ClH/c1-3-13(4-2)10(11)9-6-5-7-12-8-9;/h5-8,11H,3-4H2,1-2H3;1H. The number of hydrogen-bond acceptors (Lipinski definition) is 2. The molecule has 1 N–H and O–H groups in total. The molecule has 3 nitrogen and oxygen atoms in total. The summed E-state index contributed by atoms with van der Waals surface area (Å²) < 4.78 is 0. The molecule has 0 aromatic carbocycles. The number of nitrogens with zero attached hydrogens (tertiary/aromatic N) is 2. The molecule has 0 aliphatic heterocycles. The zero-order valence-corrected chi connectivity index (χ0v) is 9.34. The van der Waals surface area contributed by atoms with Crippen molar-refractivity contribution in [1.82, 2.24) is 9.88 Å². The van der Waals surface area contributed by atoms with Gasteiger partial charge in [0.1, 0.15) is 5.84 Å². The zero-order valence-electron chi connectivity index (χ0n) is 8.53. The molecule has 0 fully saturated rings. The Kier molecular flexibility index (Phi) is 5.88. The smallest absolute Gasteiger partial charge is 0.129 e. The Balaban J connectivity index is 0.00000169. The van der Waals surface area contributed by atoms with Gasteiger partial charge in [-0.15, -0.1) is 12.4 Å². The molecule has 1 aromatic heterocycles. The van der Waals surface area contributed by atoms with Crippen LogP contribution >= 0.6 is 12.4 Å². The highest BCUT2D eigenvalue weighted by atomic mass is 35.5. The lowest BCUT2D eigenvalue weighted by atomic mass is 10.2. The van der Waals surface area contributed by atoms with Gasteiger partial charge in [0.15, 0.2) is 0 Å². The quantitative estimate of drug-likeness (QED) is 0.618. The van der Waals surface area contributed by atoms with E-state index in [1.807, 2.05) is 17.0 Å². The molecule has 0 radical (unpaired) electrons. The maximum atomic E-state index is 7.87. The van der Waals surface area contributed by atoms with Crippen molar-refractivity contribution in [3.05, 3.63) is 30.1 Å². The summed E-state index contributed by atoms with van der Waals surface area (Å²) in [6.07, 6.45) is 3.44. The minimum Gasteiger partial charge on any atom is -0.357 e. The molecule has 0 bridgehead atoms. The highest BCUT2D eigenvalue weighted by Gasteiger charge is 2.06. The van der Waals surface area contributed by atoms with E-state index in [0.29, 0.717) is 5.84 Å². The van der Waals surface area contributed by atoms with Gasteiger partial charge in [-0.2, -0.15) is 0 Å². The predicted octanol–water partition coefficient (Wildman–Crippen LogP) is 2.17. The monoisotopic (exact) mass is 213 g/mol. The lowest BCUT2D eigenvalue weighted by molar-refractivity contribution is 0.463. The maximum Gasteiger partial charge on any atom is 0.129 e. The summed E-state index contributed by atoms with van der Waals surface area (Å²) in [4.78, 5) is 5.99. The summed E-state index contributed by atoms with van der Waals surface area (Å²) in [7, 11) is 0. The fraction of sp³-hybridized carbons (Fsp3) is 0.400. The first-order valence-electron chi connectivity index (χ1n) is 4.53. The summed E-state index contributed by atoms with van der Waals surface area (Å²) in [5.74, 6) is 0.554. The number of amidine groups is 1. The Morgan fingerprint density at radius 1 is 1.43 bits per heavy atom. The summed E-state index contributed by atoms with van der Waals surface area (Å²) in [6.45, 7) is 5.83. The SMILES string of the molecule is CCN(CC)C(=N)c1cccnc1.Cl. The number of nitrogens with one attached hydrogen (secondary N) is 1. The highest BCUT2D eigenvalue weighted by Crippen LogP contribution is 2.01. The lowest BCUT2D eigenvalue weighted by Gasteiger charge is -2.21. The van der Waals surface area contributed by atoms with Gasteiger partial charge in [-0.1, -0.05) is 0 Å². The first kappa shape index (κ1) is 12.9. The average molecular weight is 214 g/mol. The van der Waals surface area contributed by atoms with E-state index in [4.69, 9.17) is 5.41 Å². The topological polar surface area (TPSA) is 40.0 Å². The van der Waals surface area contributed by atoms with Gasteiger partial charge in [-0.25, -0.2) is 0 Å². The van der Waals surface area contributed by atoms with Gasteiger partial charge in [-0.05, 0) is 26.0 Å². The van der Waals surface area contributed by atoms with Crippen LogP contribution < -0.4 is 0 Å².